The van der Waals surface area contributed by atoms with Crippen LogP contribution in [0.15, 0.2) is 48.0 Å². The minimum absolute atomic E-state index is 0. The number of nitrogens with zero attached hydrogens (tertiary/aromatic N) is 1. The largest absolute Gasteiger partial charge is 0.459 e. The Labute approximate surface area is 282 Å². The van der Waals surface area contributed by atoms with Gasteiger partial charge in [-0.15, -0.1) is 6.58 Å². The molecule has 3 atom stereocenters. The third-order valence-electron chi connectivity index (χ3n) is 6.02. The summed E-state index contributed by atoms with van der Waals surface area (Å²) in [6, 6.07) is 6.34. The summed E-state index contributed by atoms with van der Waals surface area (Å²) in [5.41, 5.74) is 12.0. The summed E-state index contributed by atoms with van der Waals surface area (Å²) in [6.07, 6.45) is 3.34. The Morgan fingerprint density at radius 1 is 0.935 bits per heavy atom. The first-order chi connectivity index (χ1) is 20.4. The van der Waals surface area contributed by atoms with Gasteiger partial charge < -0.3 is 42.2 Å². The van der Waals surface area contributed by atoms with Gasteiger partial charge >= 0.3 is 12.1 Å². The van der Waals surface area contributed by atoms with Crippen molar-refractivity contribution in [3.8, 4) is 0 Å². The second-order valence-corrected chi connectivity index (χ2v) is 10.9. The standard InChI is InChI=1S/C30H49N7O6.2CH4.H2S/c1-6-13-24(27(40)42-20-21-14-8-7-9-15-21)37-26(39)23(17-12-19-34-28(32)33-5)36-25(38)22(31)16-10-11-18-35-29(41)43-30(2,3)4;;;/h6-9,14-15,22-24H,1,10-13,16-20,31H2,2-5H3,(H,35,41)(H,36,38)(H,37,39)(H3,32,33,34);2*1H4;1H2/t22-,23-,24+;;;/m1.../s1. The minimum Gasteiger partial charge on any atom is -0.459 e. The molecule has 0 unspecified atom stereocenters. The fourth-order valence-corrected chi connectivity index (χ4v) is 3.76. The molecular weight excluding hydrogens is 610 g/mol. The molecule has 0 aliphatic heterocycles. The Balaban J connectivity index is -0.00000616. The number of aliphatic imine (C=N–C) groups is 1. The predicted octanol–water partition coefficient (Wildman–Crippen LogP) is 3.00. The lowest BCUT2D eigenvalue weighted by Gasteiger charge is -2.23. The lowest BCUT2D eigenvalue weighted by atomic mass is 10.1. The Bertz CT molecular complexity index is 1070. The smallest absolute Gasteiger partial charge is 0.407 e. The van der Waals surface area contributed by atoms with E-state index in [-0.39, 0.29) is 53.8 Å². The zero-order chi connectivity index (χ0) is 32.3. The van der Waals surface area contributed by atoms with Crippen molar-refractivity contribution in [3.63, 3.8) is 0 Å². The molecule has 0 radical (unpaired) electrons. The van der Waals surface area contributed by atoms with Gasteiger partial charge in [-0.05, 0) is 64.9 Å². The Kier molecular flexibility index (Phi) is 25.8. The Morgan fingerprint density at radius 2 is 1.54 bits per heavy atom. The first-order valence-electron chi connectivity index (χ1n) is 14.5. The number of nitrogens with two attached hydrogens (primary N) is 2. The van der Waals surface area contributed by atoms with E-state index >= 15 is 0 Å². The average Bonchev–Trinajstić information content (AvgIpc) is 2.96. The van der Waals surface area contributed by atoms with Crippen LogP contribution in [-0.4, -0.2) is 73.7 Å². The first-order valence-corrected chi connectivity index (χ1v) is 14.5. The Morgan fingerprint density at radius 3 is 2.13 bits per heavy atom. The third kappa shape index (κ3) is 21.0. The highest BCUT2D eigenvalue weighted by molar-refractivity contribution is 7.59. The van der Waals surface area contributed by atoms with Gasteiger partial charge in [0, 0.05) is 20.1 Å². The molecule has 3 amide bonds. The molecule has 0 saturated heterocycles. The number of alkyl carbamates (subject to hydrolysis) is 1. The van der Waals surface area contributed by atoms with Gasteiger partial charge in [0.1, 0.15) is 24.3 Å². The molecule has 0 fully saturated rings. The normalized spacial score (nSPS) is 12.7. The van der Waals surface area contributed by atoms with Gasteiger partial charge in [0.2, 0.25) is 11.8 Å². The molecule has 0 bridgehead atoms. The van der Waals surface area contributed by atoms with E-state index in [2.05, 4.69) is 32.8 Å². The molecule has 0 spiro atoms. The number of nitrogens with one attached hydrogen (secondary N) is 4. The molecule has 1 rings (SSSR count). The monoisotopic (exact) mass is 669 g/mol. The summed E-state index contributed by atoms with van der Waals surface area (Å²) >= 11 is 0. The van der Waals surface area contributed by atoms with Crippen LogP contribution in [-0.2, 0) is 30.5 Å². The number of carbonyl (C=O) groups is 4. The number of hydrogen-bond acceptors (Lipinski definition) is 8. The van der Waals surface area contributed by atoms with Gasteiger partial charge in [0.15, 0.2) is 5.96 Å². The van der Waals surface area contributed by atoms with Gasteiger partial charge in [-0.1, -0.05) is 51.3 Å². The van der Waals surface area contributed by atoms with Crippen LogP contribution in [0.25, 0.3) is 0 Å². The van der Waals surface area contributed by atoms with Gasteiger partial charge in [0.05, 0.1) is 6.04 Å². The van der Waals surface area contributed by atoms with E-state index in [0.29, 0.717) is 38.8 Å². The van der Waals surface area contributed by atoms with Crippen molar-refractivity contribution >= 4 is 43.3 Å². The lowest BCUT2D eigenvalue weighted by molar-refractivity contribution is -0.149. The van der Waals surface area contributed by atoms with E-state index in [0.717, 1.165) is 5.56 Å². The summed E-state index contributed by atoms with van der Waals surface area (Å²) in [5.74, 6) is -1.43. The van der Waals surface area contributed by atoms with Crippen molar-refractivity contribution in [1.82, 2.24) is 21.3 Å². The maximum atomic E-state index is 13.3. The van der Waals surface area contributed by atoms with Crippen molar-refractivity contribution in [1.29, 1.82) is 0 Å². The van der Waals surface area contributed by atoms with Gasteiger partial charge in [0.25, 0.3) is 0 Å². The fourth-order valence-electron chi connectivity index (χ4n) is 3.76. The zero-order valence-electron chi connectivity index (χ0n) is 26.3. The van der Waals surface area contributed by atoms with E-state index in [1.165, 1.54) is 6.08 Å². The van der Waals surface area contributed by atoms with Crippen LogP contribution in [0.5, 0.6) is 0 Å². The maximum absolute atomic E-state index is 13.3. The van der Waals surface area contributed by atoms with Crippen LogP contribution in [0, 0.1) is 0 Å². The fraction of sp³-hybridized carbons (Fsp3) is 0.594. The highest BCUT2D eigenvalue weighted by Crippen LogP contribution is 2.08. The minimum atomic E-state index is -0.986. The quantitative estimate of drug-likeness (QED) is 0.0447. The number of amides is 3. The van der Waals surface area contributed by atoms with Crippen LogP contribution < -0.4 is 32.7 Å². The van der Waals surface area contributed by atoms with Crippen LogP contribution >= 0.6 is 13.5 Å². The molecule has 0 aliphatic rings. The SMILES string of the molecule is C.C.C=CC[C@H](NC(=O)[C@@H](CCCNC(N)=NC)NC(=O)[C@H](N)CCCCNC(=O)OC(C)(C)C)C(=O)OCc1ccccc1.S. The van der Waals surface area contributed by atoms with Crippen LogP contribution in [0.3, 0.4) is 0 Å². The van der Waals surface area contributed by atoms with E-state index in [1.54, 1.807) is 27.8 Å². The molecule has 0 aromatic heterocycles. The topological polar surface area (TPSA) is 199 Å². The van der Waals surface area contributed by atoms with Crippen molar-refractivity contribution in [2.45, 2.75) is 104 Å². The second kappa shape index (κ2) is 25.4. The second-order valence-electron chi connectivity index (χ2n) is 10.9. The lowest BCUT2D eigenvalue weighted by Crippen LogP contribution is -2.54. The van der Waals surface area contributed by atoms with Gasteiger partial charge in [-0.2, -0.15) is 13.5 Å². The van der Waals surface area contributed by atoms with Crippen molar-refractivity contribution in [2.24, 2.45) is 16.5 Å². The van der Waals surface area contributed by atoms with Gasteiger partial charge in [-0.25, -0.2) is 9.59 Å². The number of esters is 1. The average molecular weight is 670 g/mol. The summed E-state index contributed by atoms with van der Waals surface area (Å²) in [4.78, 5) is 54.6. The zero-order valence-corrected chi connectivity index (χ0v) is 27.3. The van der Waals surface area contributed by atoms with Crippen LogP contribution in [0.2, 0.25) is 0 Å². The number of unbranched alkanes of at least 4 members (excludes halogenated alkanes) is 1. The molecular formula is C32H59N7O6S. The molecule has 264 valence electrons. The van der Waals surface area contributed by atoms with Gasteiger partial charge in [-0.3, -0.25) is 14.6 Å². The molecule has 46 heavy (non-hydrogen) atoms. The Hall–Kier alpha value is -3.78. The number of ether oxygens (including phenoxy) is 2. The van der Waals surface area contributed by atoms with Crippen molar-refractivity contribution in [3.05, 3.63) is 48.6 Å². The summed E-state index contributed by atoms with van der Waals surface area (Å²) in [5, 5.41) is 11.0. The number of carbonyl (C=O) groups excluding carboxylic acids is 4. The molecule has 13 nitrogen and oxygen atoms in total. The van der Waals surface area contributed by atoms with E-state index in [9.17, 15) is 19.2 Å². The molecule has 0 aliphatic carbocycles. The highest BCUT2D eigenvalue weighted by atomic mass is 32.1. The first kappa shape index (κ1) is 46.6. The maximum Gasteiger partial charge on any atom is 0.407 e. The van der Waals surface area contributed by atoms with Crippen LogP contribution in [0.1, 0.15) is 79.7 Å². The van der Waals surface area contributed by atoms with Crippen molar-refractivity contribution in [2.75, 3.05) is 20.1 Å². The molecule has 1 aromatic rings. The van der Waals surface area contributed by atoms with Crippen LogP contribution in [0.4, 0.5) is 4.79 Å². The van der Waals surface area contributed by atoms with E-state index in [1.807, 2.05) is 30.3 Å². The molecule has 0 heterocycles. The van der Waals surface area contributed by atoms with Crippen molar-refractivity contribution < 1.29 is 28.7 Å². The summed E-state index contributed by atoms with van der Waals surface area (Å²) in [6.45, 7) is 9.84. The number of rotatable bonds is 18. The molecule has 0 saturated carbocycles. The number of guanidine groups is 1. The molecule has 14 heteroatoms. The predicted molar refractivity (Wildman–Crippen MR) is 190 cm³/mol. The molecule has 1 aromatic carbocycles. The number of hydrogen-bond donors (Lipinski definition) is 6. The highest BCUT2D eigenvalue weighted by Gasteiger charge is 2.28. The van der Waals surface area contributed by atoms with E-state index < -0.39 is 47.6 Å². The summed E-state index contributed by atoms with van der Waals surface area (Å²) < 4.78 is 10.6. The third-order valence-corrected chi connectivity index (χ3v) is 6.02. The molecule has 8 N–H and O–H groups in total. The summed E-state index contributed by atoms with van der Waals surface area (Å²) in [7, 11) is 1.55. The number of benzene rings is 1. The van der Waals surface area contributed by atoms with E-state index in [4.69, 9.17) is 20.9 Å².